The molecule has 1 radical (unpaired) electrons. The summed E-state index contributed by atoms with van der Waals surface area (Å²) >= 11 is 0. The first kappa shape index (κ1) is 10.1. The van der Waals surface area contributed by atoms with Gasteiger partial charge in [0, 0.05) is 30.2 Å². The van der Waals surface area contributed by atoms with Gasteiger partial charge < -0.3 is 15.2 Å². The number of rotatable bonds is 3. The second kappa shape index (κ2) is 3.95. The zero-order chi connectivity index (χ0) is 10.8. The minimum absolute atomic E-state index is 0.577. The number of likely N-dealkylation sites (N-methyl/N-ethyl adjacent to an activating group) is 1. The molecular formula is C12H16N3. The molecule has 15 heavy (non-hydrogen) atoms. The summed E-state index contributed by atoms with van der Waals surface area (Å²) in [5.74, 6) is 0. The highest BCUT2D eigenvalue weighted by Crippen LogP contribution is 2.19. The van der Waals surface area contributed by atoms with Crippen molar-refractivity contribution in [3.63, 3.8) is 0 Å². The van der Waals surface area contributed by atoms with Crippen molar-refractivity contribution in [3.8, 4) is 0 Å². The summed E-state index contributed by atoms with van der Waals surface area (Å²) in [6, 6.07) is 7.84. The van der Waals surface area contributed by atoms with Crippen LogP contribution in [-0.4, -0.2) is 30.1 Å². The van der Waals surface area contributed by atoms with Gasteiger partial charge in [0.05, 0.1) is 5.69 Å². The lowest BCUT2D eigenvalue weighted by Gasteiger charge is -2.11. The van der Waals surface area contributed by atoms with Crippen molar-refractivity contribution in [2.75, 3.05) is 20.6 Å². The molecule has 0 saturated heterocycles. The van der Waals surface area contributed by atoms with Crippen LogP contribution in [0.5, 0.6) is 0 Å². The van der Waals surface area contributed by atoms with Crippen molar-refractivity contribution in [2.24, 2.45) is 0 Å². The minimum Gasteiger partial charge on any atom is -0.346 e. The van der Waals surface area contributed by atoms with E-state index in [0.29, 0.717) is 5.69 Å². The Bertz CT molecular complexity index is 457. The molecule has 2 rings (SSSR count). The van der Waals surface area contributed by atoms with E-state index in [1.54, 1.807) is 0 Å². The van der Waals surface area contributed by atoms with Gasteiger partial charge in [0.25, 0.3) is 0 Å². The summed E-state index contributed by atoms with van der Waals surface area (Å²) in [5, 5.41) is 1.15. The lowest BCUT2D eigenvalue weighted by atomic mass is 10.2. The lowest BCUT2D eigenvalue weighted by Crippen LogP contribution is -2.17. The highest BCUT2D eigenvalue weighted by Gasteiger charge is 2.01. The Morgan fingerprint density at radius 3 is 2.80 bits per heavy atom. The van der Waals surface area contributed by atoms with Crippen LogP contribution in [0.1, 0.15) is 0 Å². The second-order valence-corrected chi connectivity index (χ2v) is 4.09. The highest BCUT2D eigenvalue weighted by atomic mass is 15.1. The first-order valence-corrected chi connectivity index (χ1v) is 5.12. The van der Waals surface area contributed by atoms with E-state index in [9.17, 15) is 0 Å². The number of hydrogen-bond acceptors (Lipinski definition) is 1. The van der Waals surface area contributed by atoms with Crippen molar-refractivity contribution in [1.29, 1.82) is 0 Å². The normalized spacial score (nSPS) is 11.4. The van der Waals surface area contributed by atoms with E-state index < -0.39 is 0 Å². The second-order valence-electron chi connectivity index (χ2n) is 4.09. The molecule has 0 saturated carbocycles. The van der Waals surface area contributed by atoms with Crippen LogP contribution in [-0.2, 0) is 6.54 Å². The summed E-state index contributed by atoms with van der Waals surface area (Å²) in [7, 11) is 4.15. The number of benzene rings is 1. The molecule has 3 heteroatoms. The molecule has 0 aliphatic rings. The molecule has 0 amide bonds. The molecule has 0 fully saturated rings. The topological polar surface area (TPSA) is 32.0 Å². The van der Waals surface area contributed by atoms with E-state index in [2.05, 4.69) is 35.8 Å². The van der Waals surface area contributed by atoms with Crippen LogP contribution < -0.4 is 5.73 Å². The summed E-state index contributed by atoms with van der Waals surface area (Å²) in [6.45, 7) is 2.03. The van der Waals surface area contributed by atoms with E-state index in [1.807, 2.05) is 18.2 Å². The Kier molecular flexibility index (Phi) is 2.64. The molecule has 0 aliphatic heterocycles. The molecule has 3 nitrogen and oxygen atoms in total. The molecule has 1 aromatic heterocycles. The van der Waals surface area contributed by atoms with Gasteiger partial charge in [0.2, 0.25) is 0 Å². The molecule has 1 heterocycles. The van der Waals surface area contributed by atoms with Crippen LogP contribution in [0, 0.1) is 0 Å². The maximum atomic E-state index is 7.54. The molecule has 0 aliphatic carbocycles. The van der Waals surface area contributed by atoms with E-state index in [-0.39, 0.29) is 0 Å². The fourth-order valence-corrected chi connectivity index (χ4v) is 1.70. The predicted molar refractivity (Wildman–Crippen MR) is 63.2 cm³/mol. The van der Waals surface area contributed by atoms with Crippen LogP contribution >= 0.6 is 0 Å². The lowest BCUT2D eigenvalue weighted by molar-refractivity contribution is 0.387. The first-order chi connectivity index (χ1) is 7.16. The number of nitrogens with one attached hydrogen (secondary N) is 1. The van der Waals surface area contributed by atoms with Gasteiger partial charge in [0.15, 0.2) is 0 Å². The highest BCUT2D eigenvalue weighted by molar-refractivity contribution is 5.82. The third-order valence-corrected chi connectivity index (χ3v) is 2.56. The van der Waals surface area contributed by atoms with Crippen LogP contribution in [0.15, 0.2) is 30.5 Å². The Hall–Kier alpha value is -1.48. The monoisotopic (exact) mass is 202 g/mol. The molecular weight excluding hydrogens is 186 g/mol. The van der Waals surface area contributed by atoms with E-state index in [4.69, 9.17) is 5.73 Å². The van der Waals surface area contributed by atoms with Crippen LogP contribution in [0.3, 0.4) is 0 Å². The fourth-order valence-electron chi connectivity index (χ4n) is 1.70. The van der Waals surface area contributed by atoms with Crippen LogP contribution in [0.25, 0.3) is 10.9 Å². The minimum atomic E-state index is 0.577. The summed E-state index contributed by atoms with van der Waals surface area (Å²) < 4.78 is 2.23. The summed E-state index contributed by atoms with van der Waals surface area (Å²) in [4.78, 5) is 2.17. The van der Waals surface area contributed by atoms with Gasteiger partial charge in [-0.1, -0.05) is 0 Å². The zero-order valence-electron chi connectivity index (χ0n) is 9.20. The Balaban J connectivity index is 2.29. The molecule has 1 aromatic carbocycles. The van der Waals surface area contributed by atoms with Crippen LogP contribution in [0.2, 0.25) is 0 Å². The van der Waals surface area contributed by atoms with Crippen molar-refractivity contribution in [3.05, 3.63) is 30.5 Å². The first-order valence-electron chi connectivity index (χ1n) is 5.12. The SMILES string of the molecule is CN(C)CCn1ccc2cc([NH])ccc21. The predicted octanol–water partition coefficient (Wildman–Crippen LogP) is 2.12. The number of aromatic nitrogens is 1. The van der Waals surface area contributed by atoms with E-state index in [1.165, 1.54) is 5.52 Å². The van der Waals surface area contributed by atoms with Crippen molar-refractivity contribution in [1.82, 2.24) is 15.2 Å². The maximum absolute atomic E-state index is 7.54. The quantitative estimate of drug-likeness (QED) is 0.750. The standard InChI is InChI=1S/C12H16N3/c1-14(2)7-8-15-6-5-10-9-11(13)3-4-12(10)15/h3-6,9,13H,7-8H2,1-2H3. The van der Waals surface area contributed by atoms with Gasteiger partial charge in [-0.05, 0) is 38.4 Å². The van der Waals surface area contributed by atoms with Gasteiger partial charge >= 0.3 is 0 Å². The van der Waals surface area contributed by atoms with E-state index >= 15 is 0 Å². The fraction of sp³-hybridized carbons (Fsp3) is 0.333. The van der Waals surface area contributed by atoms with Crippen molar-refractivity contribution in [2.45, 2.75) is 6.54 Å². The molecule has 2 aromatic rings. The van der Waals surface area contributed by atoms with Gasteiger partial charge in [-0.3, -0.25) is 0 Å². The average Bonchev–Trinajstić information content (AvgIpc) is 2.57. The molecule has 0 unspecified atom stereocenters. The third kappa shape index (κ3) is 2.13. The molecule has 0 atom stereocenters. The van der Waals surface area contributed by atoms with E-state index in [0.717, 1.165) is 18.5 Å². The molecule has 0 spiro atoms. The number of nitrogens with zero attached hydrogens (tertiary/aromatic N) is 2. The summed E-state index contributed by atoms with van der Waals surface area (Å²) in [5.41, 5.74) is 9.33. The smallest absolute Gasteiger partial charge is 0.0547 e. The van der Waals surface area contributed by atoms with Gasteiger partial charge in [-0.25, -0.2) is 0 Å². The Morgan fingerprint density at radius 1 is 1.27 bits per heavy atom. The van der Waals surface area contributed by atoms with Crippen molar-refractivity contribution >= 4 is 16.6 Å². The average molecular weight is 202 g/mol. The van der Waals surface area contributed by atoms with Gasteiger partial charge in [-0.2, -0.15) is 0 Å². The summed E-state index contributed by atoms with van der Waals surface area (Å²) in [6.07, 6.45) is 2.09. The van der Waals surface area contributed by atoms with Gasteiger partial charge in [0.1, 0.15) is 0 Å². The largest absolute Gasteiger partial charge is 0.346 e. The van der Waals surface area contributed by atoms with Crippen LogP contribution in [0.4, 0.5) is 5.69 Å². The molecule has 79 valence electrons. The van der Waals surface area contributed by atoms with Gasteiger partial charge in [-0.15, -0.1) is 0 Å². The number of fused-ring (bicyclic) bond motifs is 1. The Labute approximate surface area is 90.1 Å². The molecule has 0 bridgehead atoms. The zero-order valence-corrected chi connectivity index (χ0v) is 9.20. The number of hydrogen-bond donors (Lipinski definition) is 0. The third-order valence-electron chi connectivity index (χ3n) is 2.56. The Morgan fingerprint density at radius 2 is 2.07 bits per heavy atom. The molecule has 1 N–H and O–H groups in total. The maximum Gasteiger partial charge on any atom is 0.0547 e. The van der Waals surface area contributed by atoms with Crippen molar-refractivity contribution < 1.29 is 0 Å².